The third-order valence-corrected chi connectivity index (χ3v) is 7.48. The van der Waals surface area contributed by atoms with Crippen molar-refractivity contribution in [2.24, 2.45) is 0 Å². The number of hydrogen-bond acceptors (Lipinski definition) is 9. The largest absolute Gasteiger partial charge is 0.573 e. The number of carbonyl (C=O) groups is 1. The molecule has 0 saturated carbocycles. The molecule has 2 aromatic rings. The van der Waals surface area contributed by atoms with Crippen LogP contribution in [-0.4, -0.2) is 99.1 Å². The summed E-state index contributed by atoms with van der Waals surface area (Å²) in [5, 5.41) is 10.9. The molecule has 1 amide bonds. The van der Waals surface area contributed by atoms with E-state index in [-0.39, 0.29) is 24.2 Å². The lowest BCUT2D eigenvalue weighted by molar-refractivity contribution is -0.389. The summed E-state index contributed by atoms with van der Waals surface area (Å²) < 4.78 is 53.7. The summed E-state index contributed by atoms with van der Waals surface area (Å²) >= 11 is 0. The van der Waals surface area contributed by atoms with Gasteiger partial charge in [0.05, 0.1) is 6.54 Å². The standard InChI is InChI=1S/C25H31F3N6O6/c1-24(17-33-14-21(34(36)37)29-22(33)40-24)16-30-10-12-31(13-11-30)19-6-8-32(9-7-19)23(35)38-15-18-2-4-20(5-3-18)39-25(26,27)28/h2-5,14,19H,6-13,15-17H2,1H3/t24-/m0/s1. The molecular formula is C25H31F3N6O6. The normalized spacial score (nSPS) is 22.6. The molecule has 12 nitrogen and oxygen atoms in total. The van der Waals surface area contributed by atoms with Crippen LogP contribution in [0.4, 0.5) is 23.8 Å². The van der Waals surface area contributed by atoms with E-state index in [1.165, 1.54) is 30.5 Å². The van der Waals surface area contributed by atoms with Gasteiger partial charge in [-0.2, -0.15) is 0 Å². The molecule has 2 saturated heterocycles. The first-order valence-corrected chi connectivity index (χ1v) is 13.1. The highest BCUT2D eigenvalue weighted by atomic mass is 19.4. The molecule has 0 radical (unpaired) electrons. The summed E-state index contributed by atoms with van der Waals surface area (Å²) in [7, 11) is 0. The van der Waals surface area contributed by atoms with Gasteiger partial charge in [-0.1, -0.05) is 12.1 Å². The van der Waals surface area contributed by atoms with E-state index in [1.807, 2.05) is 6.92 Å². The van der Waals surface area contributed by atoms with Crippen LogP contribution in [0.25, 0.3) is 0 Å². The SMILES string of the molecule is C[C@]1(CN2CCN(C3CCN(C(=O)OCc4ccc(OC(F)(F)F)cc4)CC3)CC2)Cn2cc([N+](=O)[O-])nc2O1. The van der Waals surface area contributed by atoms with E-state index >= 15 is 0 Å². The molecule has 1 atom stereocenters. The van der Waals surface area contributed by atoms with Crippen LogP contribution < -0.4 is 9.47 Å². The smallest absolute Gasteiger partial charge is 0.445 e. The second-order valence-corrected chi connectivity index (χ2v) is 10.6. The summed E-state index contributed by atoms with van der Waals surface area (Å²) in [6.07, 6.45) is -2.11. The Kier molecular flexibility index (Phi) is 7.77. The van der Waals surface area contributed by atoms with Crippen LogP contribution in [0.15, 0.2) is 30.5 Å². The molecule has 1 aromatic heterocycles. The molecule has 15 heteroatoms. The molecule has 3 aliphatic rings. The lowest BCUT2D eigenvalue weighted by Crippen LogP contribution is -2.56. The number of rotatable bonds is 7. The average Bonchev–Trinajstić information content (AvgIpc) is 3.43. The van der Waals surface area contributed by atoms with Gasteiger partial charge in [0.15, 0.2) is 0 Å². The van der Waals surface area contributed by atoms with Crippen molar-refractivity contribution in [3.05, 3.63) is 46.1 Å². The summed E-state index contributed by atoms with van der Waals surface area (Å²) in [4.78, 5) is 33.3. The second-order valence-electron chi connectivity index (χ2n) is 10.6. The molecule has 40 heavy (non-hydrogen) atoms. The maximum absolute atomic E-state index is 12.5. The molecule has 0 aliphatic carbocycles. The highest BCUT2D eigenvalue weighted by Gasteiger charge is 2.42. The number of imidazole rings is 1. The number of fused-ring (bicyclic) bond motifs is 1. The van der Waals surface area contributed by atoms with Crippen LogP contribution in [0, 0.1) is 10.1 Å². The lowest BCUT2D eigenvalue weighted by Gasteiger charge is -2.43. The number of alkyl halides is 3. The summed E-state index contributed by atoms with van der Waals surface area (Å²) in [6, 6.07) is 5.89. The Bertz CT molecular complexity index is 1180. The topological polar surface area (TPSA) is 115 Å². The summed E-state index contributed by atoms with van der Waals surface area (Å²) in [6.45, 7) is 7.85. The zero-order chi connectivity index (χ0) is 28.5. The van der Waals surface area contributed by atoms with Gasteiger partial charge in [-0.25, -0.2) is 4.79 Å². The lowest BCUT2D eigenvalue weighted by atomic mass is 10.0. The summed E-state index contributed by atoms with van der Waals surface area (Å²) in [5.74, 6) is -0.536. The number of halogens is 3. The number of hydrogen-bond donors (Lipinski definition) is 0. The van der Waals surface area contributed by atoms with Crippen LogP contribution in [0.5, 0.6) is 11.8 Å². The Morgan fingerprint density at radius 1 is 1.15 bits per heavy atom. The van der Waals surface area contributed by atoms with E-state index in [4.69, 9.17) is 9.47 Å². The number of carbonyl (C=O) groups excluding carboxylic acids is 1. The Balaban J connectivity index is 1.01. The van der Waals surface area contributed by atoms with Crippen molar-refractivity contribution in [1.29, 1.82) is 0 Å². The molecule has 0 spiro atoms. The van der Waals surface area contributed by atoms with E-state index in [1.54, 1.807) is 9.47 Å². The zero-order valence-electron chi connectivity index (χ0n) is 22.0. The third kappa shape index (κ3) is 6.75. The van der Waals surface area contributed by atoms with Crippen molar-refractivity contribution >= 4 is 11.9 Å². The minimum absolute atomic E-state index is 0.0338. The molecule has 4 heterocycles. The Labute approximate surface area is 228 Å². The van der Waals surface area contributed by atoms with Crippen molar-refractivity contribution in [3.63, 3.8) is 0 Å². The first-order chi connectivity index (χ1) is 19.0. The van der Waals surface area contributed by atoms with E-state index in [9.17, 15) is 28.1 Å². The molecule has 5 rings (SSSR count). The van der Waals surface area contributed by atoms with Gasteiger partial charge < -0.3 is 29.2 Å². The monoisotopic (exact) mass is 568 g/mol. The maximum atomic E-state index is 12.5. The van der Waals surface area contributed by atoms with E-state index in [0.717, 1.165) is 39.0 Å². The zero-order valence-corrected chi connectivity index (χ0v) is 22.0. The Hall–Kier alpha value is -3.59. The second kappa shape index (κ2) is 11.1. The molecule has 0 N–H and O–H groups in total. The van der Waals surface area contributed by atoms with Crippen molar-refractivity contribution < 1.29 is 37.1 Å². The van der Waals surface area contributed by atoms with Gasteiger partial charge in [0.1, 0.15) is 24.2 Å². The predicted molar refractivity (Wildman–Crippen MR) is 134 cm³/mol. The van der Waals surface area contributed by atoms with Crippen LogP contribution in [-0.2, 0) is 17.9 Å². The fourth-order valence-corrected chi connectivity index (χ4v) is 5.56. The number of nitro groups is 1. The van der Waals surface area contributed by atoms with Gasteiger partial charge in [0.25, 0.3) is 0 Å². The van der Waals surface area contributed by atoms with Crippen molar-refractivity contribution in [3.8, 4) is 11.8 Å². The van der Waals surface area contributed by atoms with Crippen LogP contribution >= 0.6 is 0 Å². The number of aromatic nitrogens is 2. The van der Waals surface area contributed by atoms with E-state index in [2.05, 4.69) is 19.5 Å². The van der Waals surface area contributed by atoms with Crippen LogP contribution in [0.1, 0.15) is 25.3 Å². The number of likely N-dealkylation sites (tertiary alicyclic amines) is 1. The first kappa shape index (κ1) is 28.0. The number of piperidine rings is 1. The number of amides is 1. The number of ether oxygens (including phenoxy) is 3. The molecule has 3 aliphatic heterocycles. The number of piperazine rings is 1. The minimum Gasteiger partial charge on any atom is -0.445 e. The van der Waals surface area contributed by atoms with Gasteiger partial charge in [-0.15, -0.1) is 13.2 Å². The van der Waals surface area contributed by atoms with Gasteiger partial charge in [0.2, 0.25) is 0 Å². The van der Waals surface area contributed by atoms with Gasteiger partial charge >= 0.3 is 24.3 Å². The van der Waals surface area contributed by atoms with Crippen LogP contribution in [0.3, 0.4) is 0 Å². The number of nitrogens with zero attached hydrogens (tertiary/aromatic N) is 6. The average molecular weight is 569 g/mol. The van der Waals surface area contributed by atoms with Crippen molar-refractivity contribution in [1.82, 2.24) is 24.3 Å². The van der Waals surface area contributed by atoms with Crippen molar-refractivity contribution in [2.75, 3.05) is 45.8 Å². The number of benzene rings is 1. The molecule has 2 fully saturated rings. The fraction of sp³-hybridized carbons (Fsp3) is 0.600. The van der Waals surface area contributed by atoms with Gasteiger partial charge in [-0.3, -0.25) is 14.4 Å². The molecule has 218 valence electrons. The van der Waals surface area contributed by atoms with E-state index < -0.39 is 23.0 Å². The molecular weight excluding hydrogens is 537 g/mol. The van der Waals surface area contributed by atoms with Crippen LogP contribution in [0.2, 0.25) is 0 Å². The molecule has 0 unspecified atom stereocenters. The van der Waals surface area contributed by atoms with Gasteiger partial charge in [-0.05, 0) is 42.4 Å². The quantitative estimate of drug-likeness (QED) is 0.367. The molecule has 0 bridgehead atoms. The highest BCUT2D eigenvalue weighted by Crippen LogP contribution is 2.32. The Morgan fingerprint density at radius 3 is 2.42 bits per heavy atom. The Morgan fingerprint density at radius 2 is 1.82 bits per heavy atom. The van der Waals surface area contributed by atoms with Crippen molar-refractivity contribution in [2.45, 2.75) is 50.9 Å². The maximum Gasteiger partial charge on any atom is 0.573 e. The highest BCUT2D eigenvalue weighted by molar-refractivity contribution is 5.67. The fourth-order valence-electron chi connectivity index (χ4n) is 5.56. The van der Waals surface area contributed by atoms with Gasteiger partial charge in [0, 0.05) is 56.8 Å². The minimum atomic E-state index is -4.75. The first-order valence-electron chi connectivity index (χ1n) is 13.1. The molecule has 1 aromatic carbocycles. The van der Waals surface area contributed by atoms with E-state index in [0.29, 0.717) is 37.8 Å². The third-order valence-electron chi connectivity index (χ3n) is 7.48. The predicted octanol–water partition coefficient (Wildman–Crippen LogP) is 3.26. The summed E-state index contributed by atoms with van der Waals surface area (Å²) in [5.41, 5.74) is 0.0724.